The van der Waals surface area contributed by atoms with Gasteiger partial charge in [0.2, 0.25) is 15.9 Å². The third kappa shape index (κ3) is 4.93. The lowest BCUT2D eigenvalue weighted by molar-refractivity contribution is -0.119. The van der Waals surface area contributed by atoms with Gasteiger partial charge in [-0.05, 0) is 37.8 Å². The second-order valence-electron chi connectivity index (χ2n) is 6.17. The number of nitrogens with zero attached hydrogens (tertiary/aromatic N) is 2. The topological polar surface area (TPSA) is 88.6 Å². The smallest absolute Gasteiger partial charge is 0.244 e. The summed E-state index contributed by atoms with van der Waals surface area (Å²) in [6.07, 6.45) is 5.35. The van der Waals surface area contributed by atoms with E-state index in [0.717, 1.165) is 32.3 Å². The summed E-state index contributed by atoms with van der Waals surface area (Å²) in [6.45, 7) is 2.46. The average Bonchev–Trinajstić information content (AvgIpc) is 3.32. The minimum Gasteiger partial charge on any atom is -0.376 e. The predicted molar refractivity (Wildman–Crippen MR) is 94.9 cm³/mol. The van der Waals surface area contributed by atoms with E-state index in [4.69, 9.17) is 4.74 Å². The van der Waals surface area contributed by atoms with Crippen LogP contribution in [0.1, 0.15) is 25.7 Å². The van der Waals surface area contributed by atoms with Crippen molar-refractivity contribution < 1.29 is 17.9 Å². The van der Waals surface area contributed by atoms with Crippen LogP contribution >= 0.6 is 11.8 Å². The van der Waals surface area contributed by atoms with Gasteiger partial charge in [-0.3, -0.25) is 4.79 Å². The minimum absolute atomic E-state index is 0.0731. The molecule has 25 heavy (non-hydrogen) atoms. The van der Waals surface area contributed by atoms with Crippen molar-refractivity contribution in [1.82, 2.24) is 14.6 Å². The summed E-state index contributed by atoms with van der Waals surface area (Å²) in [4.78, 5) is 16.2. The van der Waals surface area contributed by atoms with Gasteiger partial charge in [-0.15, -0.1) is 0 Å². The number of rotatable bonds is 7. The quantitative estimate of drug-likeness (QED) is 0.711. The van der Waals surface area contributed by atoms with Crippen molar-refractivity contribution in [2.24, 2.45) is 0 Å². The van der Waals surface area contributed by atoms with Crippen molar-refractivity contribution >= 4 is 27.7 Å². The van der Waals surface area contributed by atoms with Gasteiger partial charge in [0, 0.05) is 32.4 Å². The number of sulfonamides is 1. The highest BCUT2D eigenvalue weighted by Crippen LogP contribution is 2.22. The van der Waals surface area contributed by atoms with E-state index < -0.39 is 10.0 Å². The van der Waals surface area contributed by atoms with Crippen molar-refractivity contribution in [2.75, 3.05) is 32.0 Å². The number of carbonyl (C=O) groups is 1. The van der Waals surface area contributed by atoms with E-state index in [-0.39, 0.29) is 22.7 Å². The number of nitrogens with one attached hydrogen (secondary N) is 1. The Kier molecular flexibility index (Phi) is 6.32. The van der Waals surface area contributed by atoms with E-state index in [1.807, 2.05) is 0 Å². The summed E-state index contributed by atoms with van der Waals surface area (Å²) in [6, 6.07) is 3.22. The first-order valence-electron chi connectivity index (χ1n) is 8.53. The van der Waals surface area contributed by atoms with Crippen LogP contribution in [0.3, 0.4) is 0 Å². The van der Waals surface area contributed by atoms with Crippen LogP contribution in [0.5, 0.6) is 0 Å². The third-order valence-corrected chi connectivity index (χ3v) is 7.14. The van der Waals surface area contributed by atoms with Gasteiger partial charge < -0.3 is 10.1 Å². The molecule has 2 saturated heterocycles. The van der Waals surface area contributed by atoms with Gasteiger partial charge in [0.25, 0.3) is 0 Å². The normalized spacial score (nSPS) is 21.5. The van der Waals surface area contributed by atoms with Crippen LogP contribution < -0.4 is 5.32 Å². The molecule has 0 aromatic carbocycles. The first-order valence-corrected chi connectivity index (χ1v) is 11.0. The number of pyridine rings is 1. The molecule has 3 heterocycles. The lowest BCUT2D eigenvalue weighted by Gasteiger charge is -2.15. The summed E-state index contributed by atoms with van der Waals surface area (Å²) < 4.78 is 31.8. The summed E-state index contributed by atoms with van der Waals surface area (Å²) in [7, 11) is -3.44. The molecule has 0 aliphatic carbocycles. The molecule has 2 aliphatic rings. The molecule has 0 saturated carbocycles. The molecule has 2 fully saturated rings. The van der Waals surface area contributed by atoms with E-state index in [1.165, 1.54) is 22.3 Å². The number of ether oxygens (including phenoxy) is 1. The highest BCUT2D eigenvalue weighted by Gasteiger charge is 2.27. The lowest BCUT2D eigenvalue weighted by Crippen LogP contribution is -2.32. The molecule has 0 spiro atoms. The zero-order valence-electron chi connectivity index (χ0n) is 14.0. The third-order valence-electron chi connectivity index (χ3n) is 4.31. The Morgan fingerprint density at radius 2 is 2.12 bits per heavy atom. The van der Waals surface area contributed by atoms with Crippen LogP contribution in [0.25, 0.3) is 0 Å². The van der Waals surface area contributed by atoms with Gasteiger partial charge in [-0.1, -0.05) is 11.8 Å². The zero-order chi connectivity index (χ0) is 17.7. The Morgan fingerprint density at radius 3 is 2.76 bits per heavy atom. The van der Waals surface area contributed by atoms with Crippen molar-refractivity contribution in [1.29, 1.82) is 0 Å². The maximum atomic E-state index is 12.4. The van der Waals surface area contributed by atoms with Crippen molar-refractivity contribution in [3.63, 3.8) is 0 Å². The van der Waals surface area contributed by atoms with E-state index in [0.29, 0.717) is 24.7 Å². The maximum Gasteiger partial charge on any atom is 0.244 e. The molecule has 138 valence electrons. The number of aromatic nitrogens is 1. The molecule has 1 aromatic rings. The maximum absolute atomic E-state index is 12.4. The molecular formula is C16H23N3O4S2. The van der Waals surface area contributed by atoms with E-state index >= 15 is 0 Å². The number of thioether (sulfide) groups is 1. The molecule has 7 nitrogen and oxygen atoms in total. The van der Waals surface area contributed by atoms with Gasteiger partial charge in [-0.25, -0.2) is 13.4 Å². The van der Waals surface area contributed by atoms with Crippen molar-refractivity contribution in [3.05, 3.63) is 18.3 Å². The second-order valence-corrected chi connectivity index (χ2v) is 9.10. The highest BCUT2D eigenvalue weighted by molar-refractivity contribution is 7.99. The standard InChI is InChI=1S/C16H23N3O4S2/c20-15(17-10-13-4-3-9-23-13)12-24-16-6-5-14(11-18-16)25(21,22)19-7-1-2-8-19/h5-6,11,13H,1-4,7-10,12H2,(H,17,20). The molecule has 1 atom stereocenters. The Morgan fingerprint density at radius 1 is 1.32 bits per heavy atom. The second kappa shape index (κ2) is 8.48. The molecule has 2 aliphatic heterocycles. The predicted octanol–water partition coefficient (Wildman–Crippen LogP) is 1.25. The molecule has 1 unspecified atom stereocenters. The van der Waals surface area contributed by atoms with E-state index in [9.17, 15) is 13.2 Å². The molecular weight excluding hydrogens is 362 g/mol. The first-order chi connectivity index (χ1) is 12.1. The monoisotopic (exact) mass is 385 g/mol. The molecule has 1 N–H and O–H groups in total. The number of hydrogen-bond acceptors (Lipinski definition) is 6. The fourth-order valence-corrected chi connectivity index (χ4v) is 5.04. The van der Waals surface area contributed by atoms with Crippen LogP contribution in [-0.4, -0.2) is 61.7 Å². The lowest BCUT2D eigenvalue weighted by atomic mass is 10.2. The minimum atomic E-state index is -3.44. The molecule has 1 amide bonds. The average molecular weight is 386 g/mol. The first kappa shape index (κ1) is 18.6. The van der Waals surface area contributed by atoms with Crippen LogP contribution in [-0.2, 0) is 19.6 Å². The van der Waals surface area contributed by atoms with Gasteiger partial charge in [0.1, 0.15) is 4.90 Å². The molecule has 0 bridgehead atoms. The van der Waals surface area contributed by atoms with Crippen molar-refractivity contribution in [2.45, 2.75) is 41.7 Å². The molecule has 1 aromatic heterocycles. The Balaban J connectivity index is 1.48. The Labute approximate surface area is 152 Å². The van der Waals surface area contributed by atoms with Gasteiger partial charge in [0.05, 0.1) is 16.9 Å². The fraction of sp³-hybridized carbons (Fsp3) is 0.625. The molecule has 0 radical (unpaired) electrons. The Hall–Kier alpha value is -1.16. The van der Waals surface area contributed by atoms with Crippen molar-refractivity contribution in [3.8, 4) is 0 Å². The van der Waals surface area contributed by atoms with Crippen LogP contribution in [0.2, 0.25) is 0 Å². The van der Waals surface area contributed by atoms with Gasteiger partial charge in [-0.2, -0.15) is 4.31 Å². The molecule has 3 rings (SSSR count). The van der Waals surface area contributed by atoms with E-state index in [2.05, 4.69) is 10.3 Å². The fourth-order valence-electron chi connectivity index (χ4n) is 2.91. The van der Waals surface area contributed by atoms with E-state index in [1.54, 1.807) is 12.1 Å². The number of carbonyl (C=O) groups excluding carboxylic acids is 1. The summed E-state index contributed by atoms with van der Waals surface area (Å²) >= 11 is 1.29. The number of hydrogen-bond donors (Lipinski definition) is 1. The summed E-state index contributed by atoms with van der Waals surface area (Å²) in [5.41, 5.74) is 0. The summed E-state index contributed by atoms with van der Waals surface area (Å²) in [5.74, 6) is 0.175. The van der Waals surface area contributed by atoms with Gasteiger partial charge in [0.15, 0.2) is 0 Å². The highest BCUT2D eigenvalue weighted by atomic mass is 32.2. The molecule has 9 heteroatoms. The van der Waals surface area contributed by atoms with Gasteiger partial charge >= 0.3 is 0 Å². The summed E-state index contributed by atoms with van der Waals surface area (Å²) in [5, 5.41) is 3.48. The number of amides is 1. The zero-order valence-corrected chi connectivity index (χ0v) is 15.7. The van der Waals surface area contributed by atoms with Crippen LogP contribution in [0.15, 0.2) is 28.3 Å². The SMILES string of the molecule is O=C(CSc1ccc(S(=O)(=O)N2CCCC2)cn1)NCC1CCCO1. The van der Waals surface area contributed by atoms with Crippen LogP contribution in [0, 0.1) is 0 Å². The Bertz CT molecular complexity index is 682. The largest absolute Gasteiger partial charge is 0.376 e. The van der Waals surface area contributed by atoms with Crippen LogP contribution in [0.4, 0.5) is 0 Å².